The van der Waals surface area contributed by atoms with Crippen molar-refractivity contribution in [3.8, 4) is 5.88 Å². The number of hydrogen-bond donors (Lipinski definition) is 4. The molecule has 0 aliphatic carbocycles. The molecular formula is C21H28F6N4O7. The van der Waals surface area contributed by atoms with Gasteiger partial charge in [0, 0.05) is 12.1 Å². The fourth-order valence-corrected chi connectivity index (χ4v) is 2.00. The Kier molecular flexibility index (Phi) is 15.9. The molecule has 0 saturated carbocycles. The molecule has 0 bridgehead atoms. The van der Waals surface area contributed by atoms with Gasteiger partial charge in [0.1, 0.15) is 17.2 Å². The SMILES string of the molecule is C.COC(=O)c1ccc(=O)[nH]c1N.COC(=O)c1ccc(OCCC(F)(F)F)nc1N.OCCC(F)(F)F. The van der Waals surface area contributed by atoms with Crippen LogP contribution in [0.4, 0.5) is 38.0 Å². The Balaban J connectivity index is 0. The third kappa shape index (κ3) is 15.2. The highest BCUT2D eigenvalue weighted by molar-refractivity contribution is 5.94. The Labute approximate surface area is 212 Å². The zero-order chi connectivity index (χ0) is 28.8. The molecule has 0 aliphatic heterocycles. The van der Waals surface area contributed by atoms with Gasteiger partial charge in [0.2, 0.25) is 11.4 Å². The van der Waals surface area contributed by atoms with Crippen LogP contribution in [0.1, 0.15) is 41.0 Å². The van der Waals surface area contributed by atoms with Crippen LogP contribution < -0.4 is 21.8 Å². The van der Waals surface area contributed by atoms with E-state index in [-0.39, 0.29) is 41.6 Å². The molecule has 0 unspecified atom stereocenters. The number of aliphatic hydroxyl groups is 1. The number of H-pyrrole nitrogens is 1. The largest absolute Gasteiger partial charge is 0.477 e. The average Bonchev–Trinajstić information content (AvgIpc) is 2.77. The van der Waals surface area contributed by atoms with E-state index in [1.54, 1.807) is 0 Å². The van der Waals surface area contributed by atoms with E-state index in [9.17, 15) is 40.7 Å². The Bertz CT molecular complexity index is 1080. The van der Waals surface area contributed by atoms with Gasteiger partial charge in [0.25, 0.3) is 0 Å². The quantitative estimate of drug-likeness (QED) is 0.302. The van der Waals surface area contributed by atoms with Crippen molar-refractivity contribution in [2.75, 3.05) is 38.9 Å². The molecule has 2 aromatic rings. The van der Waals surface area contributed by atoms with E-state index in [1.165, 1.54) is 38.5 Å². The van der Waals surface area contributed by atoms with Crippen molar-refractivity contribution in [3.05, 3.63) is 45.7 Å². The number of nitrogens with one attached hydrogen (secondary N) is 1. The number of pyridine rings is 2. The monoisotopic (exact) mass is 562 g/mol. The molecule has 0 saturated heterocycles. The lowest BCUT2D eigenvalue weighted by molar-refractivity contribution is -0.141. The molecule has 0 aliphatic rings. The summed E-state index contributed by atoms with van der Waals surface area (Å²) in [5.74, 6) is -1.46. The second-order valence-electron chi connectivity index (χ2n) is 6.52. The molecule has 0 spiro atoms. The fraction of sp³-hybridized carbons (Fsp3) is 0.429. The Hall–Kier alpha value is -4.02. The van der Waals surface area contributed by atoms with E-state index in [0.717, 1.165) is 0 Å². The van der Waals surface area contributed by atoms with E-state index in [4.69, 9.17) is 21.3 Å². The number of carbonyl (C=O) groups excluding carboxylic acids is 2. The van der Waals surface area contributed by atoms with Crippen LogP contribution >= 0.6 is 0 Å². The Morgan fingerprint density at radius 3 is 1.82 bits per heavy atom. The van der Waals surface area contributed by atoms with E-state index < -0.39 is 50.3 Å². The molecule has 0 fully saturated rings. The maximum Gasteiger partial charge on any atom is 0.392 e. The van der Waals surface area contributed by atoms with Crippen molar-refractivity contribution >= 4 is 23.6 Å². The fourth-order valence-electron chi connectivity index (χ4n) is 2.00. The van der Waals surface area contributed by atoms with Crippen LogP contribution in [-0.2, 0) is 9.47 Å². The second kappa shape index (κ2) is 16.7. The lowest BCUT2D eigenvalue weighted by Crippen LogP contribution is -2.14. The standard InChI is InChI=1S/C10H11F3N2O3.C7H8N2O3.C3H5F3O.CH4/c1-17-9(16)6-2-3-7(15-8(6)14)18-5-4-10(11,12)13;1-12-7(11)4-2-3-5(10)9-6(4)8;4-3(5,6)1-2-7;/h2-3H,4-5H2,1H3,(H2,14,15);2-3H,1H3,(H3,8,9,10);7H,1-2H2;1H4. The van der Waals surface area contributed by atoms with Crippen molar-refractivity contribution in [3.63, 3.8) is 0 Å². The van der Waals surface area contributed by atoms with Crippen LogP contribution in [0.3, 0.4) is 0 Å². The molecule has 6 N–H and O–H groups in total. The summed E-state index contributed by atoms with van der Waals surface area (Å²) in [6, 6.07) is 5.05. The van der Waals surface area contributed by atoms with Crippen molar-refractivity contribution in [1.82, 2.24) is 9.97 Å². The van der Waals surface area contributed by atoms with Gasteiger partial charge in [-0.25, -0.2) is 9.59 Å². The third-order valence-corrected chi connectivity index (χ3v) is 3.69. The number of anilines is 2. The first kappa shape index (κ1) is 36.1. The van der Waals surface area contributed by atoms with Crippen LogP contribution in [0.25, 0.3) is 0 Å². The maximum absolute atomic E-state index is 11.9. The summed E-state index contributed by atoms with van der Waals surface area (Å²) in [6.07, 6.45) is -10.7. The van der Waals surface area contributed by atoms with Gasteiger partial charge >= 0.3 is 24.3 Å². The number of nitrogen functional groups attached to an aromatic ring is 2. The number of nitrogens with zero attached hydrogens (tertiary/aromatic N) is 1. The average molecular weight is 562 g/mol. The number of aromatic amines is 1. The summed E-state index contributed by atoms with van der Waals surface area (Å²) in [7, 11) is 2.42. The van der Waals surface area contributed by atoms with Crippen molar-refractivity contribution in [2.24, 2.45) is 0 Å². The first-order valence-corrected chi connectivity index (χ1v) is 9.83. The molecule has 2 rings (SSSR count). The molecule has 2 aromatic heterocycles. The number of alkyl halides is 6. The van der Waals surface area contributed by atoms with Crippen molar-refractivity contribution in [2.45, 2.75) is 32.6 Å². The number of esters is 2. The number of rotatable bonds is 6. The van der Waals surface area contributed by atoms with E-state index >= 15 is 0 Å². The van der Waals surface area contributed by atoms with Crippen LogP contribution in [0.2, 0.25) is 0 Å². The molecule has 38 heavy (non-hydrogen) atoms. The number of halogens is 6. The van der Waals surface area contributed by atoms with Gasteiger partial charge in [-0.2, -0.15) is 31.3 Å². The molecule has 0 atom stereocenters. The van der Waals surface area contributed by atoms with Crippen LogP contribution in [0, 0.1) is 0 Å². The van der Waals surface area contributed by atoms with Gasteiger partial charge in [0.15, 0.2) is 0 Å². The minimum atomic E-state index is -4.29. The zero-order valence-electron chi connectivity index (χ0n) is 19.4. The topological polar surface area (TPSA) is 180 Å². The smallest absolute Gasteiger partial charge is 0.392 e. The van der Waals surface area contributed by atoms with Crippen LogP contribution in [-0.4, -0.2) is 66.8 Å². The van der Waals surface area contributed by atoms with Gasteiger partial charge in [-0.05, 0) is 12.1 Å². The molecule has 11 nitrogen and oxygen atoms in total. The lowest BCUT2D eigenvalue weighted by atomic mass is 10.2. The number of carbonyl (C=O) groups is 2. The van der Waals surface area contributed by atoms with Crippen molar-refractivity contribution in [1.29, 1.82) is 0 Å². The Morgan fingerprint density at radius 1 is 0.921 bits per heavy atom. The highest BCUT2D eigenvalue weighted by Gasteiger charge is 2.27. The molecule has 17 heteroatoms. The van der Waals surface area contributed by atoms with Crippen LogP contribution in [0.15, 0.2) is 29.1 Å². The van der Waals surface area contributed by atoms with Gasteiger partial charge in [-0.1, -0.05) is 7.43 Å². The molecular weight excluding hydrogens is 534 g/mol. The highest BCUT2D eigenvalue weighted by atomic mass is 19.4. The summed E-state index contributed by atoms with van der Waals surface area (Å²) in [5.41, 5.74) is 10.6. The molecule has 216 valence electrons. The number of methoxy groups -OCH3 is 2. The molecule has 2 heterocycles. The minimum absolute atomic E-state index is 0. The predicted molar refractivity (Wildman–Crippen MR) is 123 cm³/mol. The number of hydrogen-bond acceptors (Lipinski definition) is 10. The second-order valence-corrected chi connectivity index (χ2v) is 6.52. The number of aromatic nitrogens is 2. The molecule has 0 amide bonds. The molecule has 0 aromatic carbocycles. The Morgan fingerprint density at radius 2 is 1.42 bits per heavy atom. The maximum atomic E-state index is 11.9. The van der Waals surface area contributed by atoms with Crippen LogP contribution in [0.5, 0.6) is 5.88 Å². The summed E-state index contributed by atoms with van der Waals surface area (Å²) >= 11 is 0. The summed E-state index contributed by atoms with van der Waals surface area (Å²) in [4.78, 5) is 38.7. The number of nitrogens with two attached hydrogens (primary N) is 2. The summed E-state index contributed by atoms with van der Waals surface area (Å²) in [6.45, 7) is -1.38. The van der Waals surface area contributed by atoms with Gasteiger partial charge in [-0.3, -0.25) is 4.79 Å². The van der Waals surface area contributed by atoms with E-state index in [0.29, 0.717) is 0 Å². The first-order valence-electron chi connectivity index (χ1n) is 9.83. The lowest BCUT2D eigenvalue weighted by Gasteiger charge is -2.09. The minimum Gasteiger partial charge on any atom is -0.477 e. The summed E-state index contributed by atoms with van der Waals surface area (Å²) < 4.78 is 81.9. The highest BCUT2D eigenvalue weighted by Crippen LogP contribution is 2.21. The zero-order valence-corrected chi connectivity index (χ0v) is 19.4. The predicted octanol–water partition coefficient (Wildman–Crippen LogP) is 3.09. The van der Waals surface area contributed by atoms with Crippen molar-refractivity contribution < 1.29 is 55.2 Å². The van der Waals surface area contributed by atoms with E-state index in [1.807, 2.05) is 0 Å². The number of ether oxygens (including phenoxy) is 3. The first-order chi connectivity index (χ1) is 17.0. The molecule has 0 radical (unpaired) electrons. The number of aliphatic hydroxyl groups excluding tert-OH is 1. The normalized spacial score (nSPS) is 10.4. The van der Waals surface area contributed by atoms with Gasteiger partial charge < -0.3 is 35.8 Å². The summed E-state index contributed by atoms with van der Waals surface area (Å²) in [5, 5.41) is 7.68. The third-order valence-electron chi connectivity index (χ3n) is 3.69. The van der Waals surface area contributed by atoms with E-state index in [2.05, 4.69) is 19.4 Å². The van der Waals surface area contributed by atoms with Gasteiger partial charge in [0.05, 0.1) is 45.8 Å². The van der Waals surface area contributed by atoms with Gasteiger partial charge in [-0.15, -0.1) is 0 Å².